The van der Waals surface area contributed by atoms with Crippen LogP contribution in [0.25, 0.3) is 0 Å². The van der Waals surface area contributed by atoms with E-state index < -0.39 is 24.4 Å². The van der Waals surface area contributed by atoms with Crippen molar-refractivity contribution in [2.24, 2.45) is 0 Å². The van der Waals surface area contributed by atoms with E-state index in [2.05, 4.69) is 6.58 Å². The normalized spacial score (nSPS) is 11.2. The van der Waals surface area contributed by atoms with E-state index in [0.29, 0.717) is 10.6 Å². The van der Waals surface area contributed by atoms with Crippen LogP contribution >= 0.6 is 0 Å². The molecule has 1 amide bonds. The maximum Gasteiger partial charge on any atom is 0.406 e. The molecule has 0 radical (unpaired) electrons. The van der Waals surface area contributed by atoms with Gasteiger partial charge >= 0.3 is 6.18 Å². The Kier molecular flexibility index (Phi) is 5.84. The fraction of sp³-hybridized carbons (Fsp3) is 0.235. The van der Waals surface area contributed by atoms with Crippen molar-refractivity contribution in [3.8, 4) is 5.75 Å². The average molecular weight is 357 g/mol. The summed E-state index contributed by atoms with van der Waals surface area (Å²) in [7, 11) is 0. The van der Waals surface area contributed by atoms with Gasteiger partial charge in [0.05, 0.1) is 0 Å². The lowest BCUT2D eigenvalue weighted by atomic mass is 10.3. The zero-order valence-electron chi connectivity index (χ0n) is 13.1. The summed E-state index contributed by atoms with van der Waals surface area (Å²) in [6, 6.07) is 7.97. The molecule has 1 aromatic heterocycles. The molecule has 0 aliphatic heterocycles. The summed E-state index contributed by atoms with van der Waals surface area (Å²) in [6.45, 7) is 1.62. The number of rotatable bonds is 7. The first-order chi connectivity index (χ1) is 11.8. The quantitative estimate of drug-likeness (QED) is 0.551. The number of benzene rings is 1. The minimum absolute atomic E-state index is 0.0559. The largest absolute Gasteiger partial charge is 0.486 e. The summed E-state index contributed by atoms with van der Waals surface area (Å²) < 4.78 is 61.0. The lowest BCUT2D eigenvalue weighted by Crippen LogP contribution is -2.38. The van der Waals surface area contributed by atoms with Gasteiger partial charge in [0, 0.05) is 6.54 Å². The van der Waals surface area contributed by atoms with E-state index >= 15 is 0 Å². The maximum absolute atomic E-state index is 12.8. The van der Waals surface area contributed by atoms with Crippen LogP contribution in [0, 0.1) is 5.82 Å². The Labute approximate surface area is 141 Å². The molecular formula is C17H15F4NO3. The first-order valence-corrected chi connectivity index (χ1v) is 7.22. The van der Waals surface area contributed by atoms with Crippen LogP contribution in [-0.4, -0.2) is 30.1 Å². The average Bonchev–Trinajstić information content (AvgIpc) is 3.01. The summed E-state index contributed by atoms with van der Waals surface area (Å²) in [5.74, 6) is -0.909. The maximum atomic E-state index is 12.8. The highest BCUT2D eigenvalue weighted by Gasteiger charge is 2.33. The van der Waals surface area contributed by atoms with Gasteiger partial charge in [-0.1, -0.05) is 6.08 Å². The molecule has 0 unspecified atom stereocenters. The summed E-state index contributed by atoms with van der Waals surface area (Å²) >= 11 is 0. The number of amides is 1. The smallest absolute Gasteiger partial charge is 0.406 e. The third-order valence-electron chi connectivity index (χ3n) is 3.07. The molecule has 0 fully saturated rings. The highest BCUT2D eigenvalue weighted by atomic mass is 19.4. The van der Waals surface area contributed by atoms with Gasteiger partial charge in [-0.2, -0.15) is 13.2 Å². The molecule has 4 nitrogen and oxygen atoms in total. The zero-order chi connectivity index (χ0) is 18.4. The van der Waals surface area contributed by atoms with Gasteiger partial charge in [0.15, 0.2) is 5.76 Å². The van der Waals surface area contributed by atoms with Gasteiger partial charge in [0.1, 0.15) is 30.5 Å². The van der Waals surface area contributed by atoms with Gasteiger partial charge in [0.25, 0.3) is 5.91 Å². The van der Waals surface area contributed by atoms with Crippen LogP contribution in [0.15, 0.2) is 53.5 Å². The second-order valence-electron chi connectivity index (χ2n) is 5.10. The minimum Gasteiger partial charge on any atom is -0.486 e. The predicted octanol–water partition coefficient (Wildman–Crippen LogP) is 4.19. The number of halogens is 4. The Morgan fingerprint density at radius 2 is 1.88 bits per heavy atom. The van der Waals surface area contributed by atoms with Gasteiger partial charge in [-0.25, -0.2) is 4.39 Å². The van der Waals surface area contributed by atoms with E-state index in [0.717, 1.165) is 0 Å². The summed E-state index contributed by atoms with van der Waals surface area (Å²) in [5, 5.41) is 0. The summed E-state index contributed by atoms with van der Waals surface area (Å²) in [4.78, 5) is 12.7. The number of ether oxygens (including phenoxy) is 1. The predicted molar refractivity (Wildman–Crippen MR) is 81.6 cm³/mol. The van der Waals surface area contributed by atoms with E-state index in [4.69, 9.17) is 9.15 Å². The highest BCUT2D eigenvalue weighted by molar-refractivity contribution is 5.91. The van der Waals surface area contributed by atoms with E-state index in [1.807, 2.05) is 0 Å². The first kappa shape index (κ1) is 18.6. The molecule has 0 aliphatic rings. The lowest BCUT2D eigenvalue weighted by Gasteiger charge is -2.21. The van der Waals surface area contributed by atoms with E-state index in [1.165, 1.54) is 42.5 Å². The molecule has 25 heavy (non-hydrogen) atoms. The fourth-order valence-corrected chi connectivity index (χ4v) is 2.00. The molecule has 0 bridgehead atoms. The van der Waals surface area contributed by atoms with Gasteiger partial charge in [-0.3, -0.25) is 4.79 Å². The number of alkyl halides is 3. The fourth-order valence-electron chi connectivity index (χ4n) is 2.00. The molecule has 134 valence electrons. The first-order valence-electron chi connectivity index (χ1n) is 7.22. The van der Waals surface area contributed by atoms with E-state index in [9.17, 15) is 22.4 Å². The standard InChI is InChI=1S/C17H15F4NO3/c1-2-9-22(11-17(19,20)21)16(23)15-8-7-14(25-15)10-24-13-5-3-12(18)4-6-13/h2-8H,1,9-11H2. The molecule has 0 N–H and O–H groups in total. The van der Waals surface area contributed by atoms with Crippen molar-refractivity contribution in [1.29, 1.82) is 0 Å². The minimum atomic E-state index is -4.53. The topological polar surface area (TPSA) is 42.7 Å². The summed E-state index contributed by atoms with van der Waals surface area (Å²) in [6.07, 6.45) is -3.33. The number of carbonyl (C=O) groups is 1. The van der Waals surface area contributed by atoms with Crippen LogP contribution in [0.2, 0.25) is 0 Å². The molecule has 0 aliphatic carbocycles. The molecule has 0 saturated heterocycles. The molecule has 1 heterocycles. The van der Waals surface area contributed by atoms with Crippen LogP contribution in [0.1, 0.15) is 16.3 Å². The SMILES string of the molecule is C=CCN(CC(F)(F)F)C(=O)c1ccc(COc2ccc(F)cc2)o1. The van der Waals surface area contributed by atoms with Crippen molar-refractivity contribution in [3.63, 3.8) is 0 Å². The number of carbonyl (C=O) groups excluding carboxylic acids is 1. The molecule has 2 rings (SSSR count). The molecule has 0 spiro atoms. The second-order valence-corrected chi connectivity index (χ2v) is 5.10. The molecule has 1 aromatic carbocycles. The van der Waals surface area contributed by atoms with Gasteiger partial charge in [-0.05, 0) is 36.4 Å². The lowest BCUT2D eigenvalue weighted by molar-refractivity contribution is -0.139. The molecule has 2 aromatic rings. The monoisotopic (exact) mass is 357 g/mol. The third-order valence-corrected chi connectivity index (χ3v) is 3.07. The molecular weight excluding hydrogens is 342 g/mol. The summed E-state index contributed by atoms with van der Waals surface area (Å²) in [5.41, 5.74) is 0. The Hall–Kier alpha value is -2.77. The third kappa shape index (κ3) is 5.66. The second kappa shape index (κ2) is 7.87. The number of hydrogen-bond acceptors (Lipinski definition) is 3. The van der Waals surface area contributed by atoms with E-state index in [1.54, 1.807) is 0 Å². The van der Waals surface area contributed by atoms with E-state index in [-0.39, 0.29) is 24.7 Å². The Balaban J connectivity index is 2.01. The number of nitrogens with zero attached hydrogens (tertiary/aromatic N) is 1. The van der Waals surface area contributed by atoms with Gasteiger partial charge in [-0.15, -0.1) is 6.58 Å². The van der Waals surface area contributed by atoms with Crippen LogP contribution in [0.5, 0.6) is 5.75 Å². The Bertz CT molecular complexity index is 722. The van der Waals surface area contributed by atoms with Crippen LogP contribution < -0.4 is 4.74 Å². The van der Waals surface area contributed by atoms with Crippen molar-refractivity contribution in [1.82, 2.24) is 4.90 Å². The van der Waals surface area contributed by atoms with Crippen molar-refractivity contribution < 1.29 is 31.5 Å². The van der Waals surface area contributed by atoms with Crippen molar-refractivity contribution >= 4 is 5.91 Å². The molecule has 0 saturated carbocycles. The van der Waals surface area contributed by atoms with Crippen molar-refractivity contribution in [2.75, 3.05) is 13.1 Å². The van der Waals surface area contributed by atoms with Crippen LogP contribution in [-0.2, 0) is 6.61 Å². The molecule has 0 atom stereocenters. The highest BCUT2D eigenvalue weighted by Crippen LogP contribution is 2.20. The van der Waals surface area contributed by atoms with Crippen LogP contribution in [0.4, 0.5) is 17.6 Å². The van der Waals surface area contributed by atoms with Gasteiger partial charge in [0.2, 0.25) is 0 Å². The zero-order valence-corrected chi connectivity index (χ0v) is 13.1. The Morgan fingerprint density at radius 3 is 2.48 bits per heavy atom. The van der Waals surface area contributed by atoms with Crippen molar-refractivity contribution in [2.45, 2.75) is 12.8 Å². The van der Waals surface area contributed by atoms with Gasteiger partial charge < -0.3 is 14.1 Å². The van der Waals surface area contributed by atoms with Crippen LogP contribution in [0.3, 0.4) is 0 Å². The molecule has 8 heteroatoms. The Morgan fingerprint density at radius 1 is 1.20 bits per heavy atom. The number of furan rings is 1. The van der Waals surface area contributed by atoms with Crippen molar-refractivity contribution in [3.05, 3.63) is 66.4 Å². The number of hydrogen-bond donors (Lipinski definition) is 0.